The predicted octanol–water partition coefficient (Wildman–Crippen LogP) is 3.43. The summed E-state index contributed by atoms with van der Waals surface area (Å²) in [6.07, 6.45) is 1.90. The number of hydrogen-bond acceptors (Lipinski definition) is 4. The van der Waals surface area contributed by atoms with Crippen LogP contribution in [0.15, 0.2) is 5.38 Å². The molecule has 20 heavy (non-hydrogen) atoms. The molecule has 0 radical (unpaired) electrons. The highest BCUT2D eigenvalue weighted by atomic mass is 35.5. The Kier molecular flexibility index (Phi) is 5.18. The Balaban J connectivity index is 2.23. The molecule has 0 spiro atoms. The van der Waals surface area contributed by atoms with E-state index in [-0.39, 0.29) is 6.04 Å². The summed E-state index contributed by atoms with van der Waals surface area (Å²) in [7, 11) is 1.94. The van der Waals surface area contributed by atoms with Gasteiger partial charge in [0, 0.05) is 18.8 Å². The minimum atomic E-state index is 0.187. The second-order valence-corrected chi connectivity index (χ2v) is 6.41. The molecule has 2 heterocycles. The molecule has 2 aromatic heterocycles. The first-order valence-corrected chi connectivity index (χ1v) is 8.12. The smallest absolute Gasteiger partial charge is 0.0898 e. The van der Waals surface area contributed by atoms with Crippen molar-refractivity contribution in [3.8, 4) is 0 Å². The van der Waals surface area contributed by atoms with Crippen LogP contribution in [0.25, 0.3) is 0 Å². The molecule has 2 rings (SSSR count). The minimum absolute atomic E-state index is 0.187. The third-order valence-electron chi connectivity index (χ3n) is 3.29. The summed E-state index contributed by atoms with van der Waals surface area (Å²) in [6, 6.07) is 0.187. The van der Waals surface area contributed by atoms with Crippen LogP contribution in [0.4, 0.5) is 0 Å². The van der Waals surface area contributed by atoms with Crippen molar-refractivity contribution in [2.45, 2.75) is 39.7 Å². The third kappa shape index (κ3) is 3.40. The van der Waals surface area contributed by atoms with Crippen molar-refractivity contribution in [3.05, 3.63) is 32.5 Å². The Morgan fingerprint density at radius 2 is 2.20 bits per heavy atom. The van der Waals surface area contributed by atoms with Crippen molar-refractivity contribution in [2.24, 2.45) is 7.05 Å². The van der Waals surface area contributed by atoms with Gasteiger partial charge in [-0.1, -0.05) is 18.5 Å². The molecule has 0 saturated carbocycles. The topological polar surface area (TPSA) is 42.7 Å². The van der Waals surface area contributed by atoms with E-state index in [4.69, 9.17) is 11.6 Å². The summed E-state index contributed by atoms with van der Waals surface area (Å²) in [5.41, 5.74) is 3.03. The summed E-state index contributed by atoms with van der Waals surface area (Å²) < 4.78 is 1.87. The van der Waals surface area contributed by atoms with Gasteiger partial charge in [-0.15, -0.1) is 11.3 Å². The summed E-state index contributed by atoms with van der Waals surface area (Å²) >= 11 is 8.04. The quantitative estimate of drug-likeness (QED) is 0.888. The lowest BCUT2D eigenvalue weighted by Gasteiger charge is -2.17. The molecule has 4 nitrogen and oxygen atoms in total. The highest BCUT2D eigenvalue weighted by molar-refractivity contribution is 7.09. The molecule has 0 aliphatic carbocycles. The lowest BCUT2D eigenvalue weighted by atomic mass is 10.1. The molecular weight excluding hydrogens is 292 g/mol. The first kappa shape index (κ1) is 15.5. The molecule has 1 N–H and O–H groups in total. The van der Waals surface area contributed by atoms with Crippen LogP contribution >= 0.6 is 22.9 Å². The molecule has 0 aliphatic rings. The van der Waals surface area contributed by atoms with Gasteiger partial charge in [0.15, 0.2) is 0 Å². The first-order valence-electron chi connectivity index (χ1n) is 6.86. The van der Waals surface area contributed by atoms with Gasteiger partial charge < -0.3 is 5.32 Å². The van der Waals surface area contributed by atoms with E-state index in [9.17, 15) is 0 Å². The molecule has 0 bridgehead atoms. The lowest BCUT2D eigenvalue weighted by Crippen LogP contribution is -2.25. The second kappa shape index (κ2) is 6.70. The molecule has 110 valence electrons. The number of halogens is 1. The summed E-state index contributed by atoms with van der Waals surface area (Å²) in [6.45, 7) is 7.10. The van der Waals surface area contributed by atoms with E-state index in [0.29, 0.717) is 0 Å². The van der Waals surface area contributed by atoms with E-state index >= 15 is 0 Å². The molecule has 0 aromatic carbocycles. The predicted molar refractivity (Wildman–Crippen MR) is 84.5 cm³/mol. The van der Waals surface area contributed by atoms with Crippen molar-refractivity contribution in [1.29, 1.82) is 0 Å². The van der Waals surface area contributed by atoms with Gasteiger partial charge in [-0.05, 0) is 26.8 Å². The molecule has 2 aromatic rings. The fourth-order valence-corrected chi connectivity index (χ4v) is 3.14. The SMILES string of the molecule is CCCNC(Cc1c(Cl)c(C)nn1C)c1csc(C)n1. The highest BCUT2D eigenvalue weighted by Gasteiger charge is 2.19. The molecule has 0 amide bonds. The van der Waals surface area contributed by atoms with E-state index in [1.165, 1.54) is 0 Å². The average Bonchev–Trinajstić information content (AvgIpc) is 2.93. The van der Waals surface area contributed by atoms with E-state index in [1.807, 2.05) is 25.6 Å². The van der Waals surface area contributed by atoms with E-state index < -0.39 is 0 Å². The number of thiazole rings is 1. The average molecular weight is 313 g/mol. The Hall–Kier alpha value is -0.910. The van der Waals surface area contributed by atoms with Crippen LogP contribution in [0.2, 0.25) is 5.02 Å². The number of aryl methyl sites for hydroxylation is 3. The van der Waals surface area contributed by atoms with Gasteiger partial charge in [0.25, 0.3) is 0 Å². The van der Waals surface area contributed by atoms with Crippen LogP contribution < -0.4 is 5.32 Å². The van der Waals surface area contributed by atoms with Gasteiger partial charge in [0.2, 0.25) is 0 Å². The van der Waals surface area contributed by atoms with Gasteiger partial charge in [0.05, 0.1) is 33.2 Å². The largest absolute Gasteiger partial charge is 0.308 e. The zero-order valence-electron chi connectivity index (χ0n) is 12.4. The Morgan fingerprint density at radius 1 is 1.45 bits per heavy atom. The monoisotopic (exact) mass is 312 g/mol. The molecule has 1 atom stereocenters. The van der Waals surface area contributed by atoms with Crippen molar-refractivity contribution in [3.63, 3.8) is 0 Å². The van der Waals surface area contributed by atoms with Crippen molar-refractivity contribution >= 4 is 22.9 Å². The fraction of sp³-hybridized carbons (Fsp3) is 0.571. The van der Waals surface area contributed by atoms with Crippen molar-refractivity contribution in [1.82, 2.24) is 20.1 Å². The van der Waals surface area contributed by atoms with E-state index in [0.717, 1.165) is 46.5 Å². The van der Waals surface area contributed by atoms with Gasteiger partial charge in [0.1, 0.15) is 0 Å². The maximum absolute atomic E-state index is 6.36. The Bertz CT molecular complexity index is 576. The molecule has 0 saturated heterocycles. The first-order chi connectivity index (χ1) is 9.52. The fourth-order valence-electron chi connectivity index (χ4n) is 2.24. The Labute approximate surface area is 129 Å². The molecular formula is C14H21ClN4S. The summed E-state index contributed by atoms with van der Waals surface area (Å²) in [5, 5.41) is 11.9. The van der Waals surface area contributed by atoms with Crippen LogP contribution in [-0.2, 0) is 13.5 Å². The van der Waals surface area contributed by atoms with E-state index in [2.05, 4.69) is 27.7 Å². The number of nitrogens with zero attached hydrogens (tertiary/aromatic N) is 3. The van der Waals surface area contributed by atoms with Gasteiger partial charge in [-0.2, -0.15) is 5.10 Å². The van der Waals surface area contributed by atoms with Gasteiger partial charge >= 0.3 is 0 Å². The highest BCUT2D eigenvalue weighted by Crippen LogP contribution is 2.26. The molecule has 6 heteroatoms. The summed E-state index contributed by atoms with van der Waals surface area (Å²) in [5.74, 6) is 0. The van der Waals surface area contributed by atoms with Crippen LogP contribution in [0.1, 0.15) is 41.5 Å². The summed E-state index contributed by atoms with van der Waals surface area (Å²) in [4.78, 5) is 4.61. The normalized spacial score (nSPS) is 12.8. The third-order valence-corrected chi connectivity index (χ3v) is 4.58. The maximum atomic E-state index is 6.36. The molecule has 0 fully saturated rings. The van der Waals surface area contributed by atoms with Crippen molar-refractivity contribution in [2.75, 3.05) is 6.54 Å². The number of rotatable bonds is 6. The standard InChI is InChI=1S/C14H21ClN4S/c1-5-6-16-11(12-8-20-10(3)17-12)7-13-14(15)9(2)18-19(13)4/h8,11,16H,5-7H2,1-4H3. The lowest BCUT2D eigenvalue weighted by molar-refractivity contribution is 0.503. The number of aromatic nitrogens is 3. The second-order valence-electron chi connectivity index (χ2n) is 4.97. The van der Waals surface area contributed by atoms with Crippen LogP contribution in [0.5, 0.6) is 0 Å². The van der Waals surface area contributed by atoms with Crippen molar-refractivity contribution < 1.29 is 0 Å². The molecule has 1 unspecified atom stereocenters. The number of hydrogen-bond donors (Lipinski definition) is 1. The minimum Gasteiger partial charge on any atom is -0.308 e. The molecule has 0 aliphatic heterocycles. The van der Waals surface area contributed by atoms with Gasteiger partial charge in [-0.3, -0.25) is 4.68 Å². The number of nitrogens with one attached hydrogen (secondary N) is 1. The zero-order valence-corrected chi connectivity index (χ0v) is 14.0. The Morgan fingerprint density at radius 3 is 2.70 bits per heavy atom. The van der Waals surface area contributed by atoms with Crippen LogP contribution in [0, 0.1) is 13.8 Å². The zero-order chi connectivity index (χ0) is 14.7. The van der Waals surface area contributed by atoms with Crippen LogP contribution in [0.3, 0.4) is 0 Å². The maximum Gasteiger partial charge on any atom is 0.0898 e. The van der Waals surface area contributed by atoms with E-state index in [1.54, 1.807) is 11.3 Å². The van der Waals surface area contributed by atoms with Crippen LogP contribution in [-0.4, -0.2) is 21.3 Å². The van der Waals surface area contributed by atoms with Gasteiger partial charge in [-0.25, -0.2) is 4.98 Å².